The molecule has 3 aromatic carbocycles. The van der Waals surface area contributed by atoms with E-state index in [9.17, 15) is 9.59 Å². The fraction of sp³-hybridized carbons (Fsp3) is 0.160. The highest BCUT2D eigenvalue weighted by molar-refractivity contribution is 7.80. The van der Waals surface area contributed by atoms with E-state index in [2.05, 4.69) is 27.5 Å². The smallest absolute Gasteiger partial charge is 0.337 e. The first-order valence-corrected chi connectivity index (χ1v) is 10.5. The van der Waals surface area contributed by atoms with Crippen LogP contribution in [0.15, 0.2) is 78.9 Å². The molecule has 0 bridgehead atoms. The van der Waals surface area contributed by atoms with Crippen LogP contribution in [0, 0.1) is 0 Å². The van der Waals surface area contributed by atoms with E-state index in [-0.39, 0.29) is 10.7 Å². The van der Waals surface area contributed by atoms with Crippen LogP contribution < -0.4 is 15.4 Å². The monoisotopic (exact) mass is 448 g/mol. The molecule has 0 unspecified atom stereocenters. The van der Waals surface area contributed by atoms with E-state index in [1.54, 1.807) is 18.2 Å². The molecule has 0 spiro atoms. The second-order valence-corrected chi connectivity index (χ2v) is 7.35. The van der Waals surface area contributed by atoms with Crippen LogP contribution >= 0.6 is 12.2 Å². The molecule has 0 aliphatic rings. The topological polar surface area (TPSA) is 76.7 Å². The number of carbonyl (C=O) groups is 2. The van der Waals surface area contributed by atoms with Gasteiger partial charge in [0.1, 0.15) is 5.75 Å². The Kier molecular flexibility index (Phi) is 8.34. The second-order valence-electron chi connectivity index (χ2n) is 6.95. The molecule has 0 atom stereocenters. The van der Waals surface area contributed by atoms with Crippen LogP contribution in [-0.2, 0) is 11.2 Å². The summed E-state index contributed by atoms with van der Waals surface area (Å²) in [4.78, 5) is 24.1. The van der Waals surface area contributed by atoms with Crippen molar-refractivity contribution in [3.8, 4) is 5.75 Å². The van der Waals surface area contributed by atoms with Crippen LogP contribution in [0.2, 0.25) is 0 Å². The van der Waals surface area contributed by atoms with Crippen LogP contribution in [0.25, 0.3) is 0 Å². The lowest BCUT2D eigenvalue weighted by Crippen LogP contribution is -2.34. The summed E-state index contributed by atoms with van der Waals surface area (Å²) in [6.45, 7) is 0.593. The highest BCUT2D eigenvalue weighted by Crippen LogP contribution is 2.18. The third-order valence-electron chi connectivity index (χ3n) is 4.59. The molecule has 6 nitrogen and oxygen atoms in total. The van der Waals surface area contributed by atoms with Crippen LogP contribution in [0.3, 0.4) is 0 Å². The minimum Gasteiger partial charge on any atom is -0.494 e. The molecule has 3 rings (SSSR count). The molecule has 0 heterocycles. The molecule has 164 valence electrons. The van der Waals surface area contributed by atoms with E-state index in [0.29, 0.717) is 23.6 Å². The van der Waals surface area contributed by atoms with E-state index >= 15 is 0 Å². The largest absolute Gasteiger partial charge is 0.494 e. The number of carbonyl (C=O) groups excluding carboxylic acids is 2. The van der Waals surface area contributed by atoms with Crippen molar-refractivity contribution in [3.05, 3.63) is 95.6 Å². The van der Waals surface area contributed by atoms with Gasteiger partial charge in [-0.2, -0.15) is 0 Å². The lowest BCUT2D eigenvalue weighted by atomic mass is 10.1. The highest BCUT2D eigenvalue weighted by atomic mass is 32.1. The zero-order valence-corrected chi connectivity index (χ0v) is 18.5. The number of thiocarbonyl (C=S) groups is 1. The Morgan fingerprint density at radius 1 is 0.906 bits per heavy atom. The van der Waals surface area contributed by atoms with E-state index in [0.717, 1.165) is 12.8 Å². The van der Waals surface area contributed by atoms with Gasteiger partial charge in [-0.05, 0) is 61.0 Å². The number of amides is 1. The SMILES string of the molecule is COC(=O)c1cccc(C(=O)NC(=S)Nc2cccc(OCCCc3ccccc3)c2)c1. The first-order chi connectivity index (χ1) is 15.5. The lowest BCUT2D eigenvalue weighted by molar-refractivity contribution is 0.0600. The predicted octanol–water partition coefficient (Wildman–Crippen LogP) is 4.61. The van der Waals surface area contributed by atoms with Crippen LogP contribution in [-0.4, -0.2) is 30.7 Å². The zero-order chi connectivity index (χ0) is 22.8. The minimum absolute atomic E-state index is 0.139. The summed E-state index contributed by atoms with van der Waals surface area (Å²) in [7, 11) is 1.29. The van der Waals surface area contributed by atoms with Crippen molar-refractivity contribution in [2.24, 2.45) is 0 Å². The van der Waals surface area contributed by atoms with E-state index in [4.69, 9.17) is 17.0 Å². The fourth-order valence-corrected chi connectivity index (χ4v) is 3.23. The summed E-state index contributed by atoms with van der Waals surface area (Å²) in [6, 6.07) is 23.9. The van der Waals surface area contributed by atoms with Gasteiger partial charge in [-0.3, -0.25) is 10.1 Å². The number of esters is 1. The third kappa shape index (κ3) is 6.92. The van der Waals surface area contributed by atoms with Gasteiger partial charge in [0.2, 0.25) is 0 Å². The van der Waals surface area contributed by atoms with Crippen LogP contribution in [0.5, 0.6) is 5.75 Å². The molecule has 0 aromatic heterocycles. The molecule has 0 aliphatic carbocycles. The average Bonchev–Trinajstić information content (AvgIpc) is 2.82. The molecule has 0 saturated heterocycles. The number of aryl methyl sites for hydroxylation is 1. The average molecular weight is 449 g/mol. The van der Waals surface area contributed by atoms with Crippen molar-refractivity contribution in [1.29, 1.82) is 0 Å². The molecular weight excluding hydrogens is 424 g/mol. The molecule has 7 heteroatoms. The second kappa shape index (κ2) is 11.6. The third-order valence-corrected chi connectivity index (χ3v) is 4.79. The van der Waals surface area contributed by atoms with Gasteiger partial charge in [-0.1, -0.05) is 42.5 Å². The van der Waals surface area contributed by atoms with Crippen molar-refractivity contribution >= 4 is 34.9 Å². The summed E-state index contributed by atoms with van der Waals surface area (Å²) < 4.78 is 10.5. The first-order valence-electron chi connectivity index (χ1n) is 10.1. The maximum Gasteiger partial charge on any atom is 0.337 e. The summed E-state index contributed by atoms with van der Waals surface area (Å²) in [5.74, 6) is -0.231. The van der Waals surface area contributed by atoms with Crippen molar-refractivity contribution in [2.75, 3.05) is 19.0 Å². The normalized spacial score (nSPS) is 10.2. The van der Waals surface area contributed by atoms with Crippen molar-refractivity contribution in [2.45, 2.75) is 12.8 Å². The van der Waals surface area contributed by atoms with Gasteiger partial charge in [-0.15, -0.1) is 0 Å². The van der Waals surface area contributed by atoms with Crippen LogP contribution in [0.1, 0.15) is 32.7 Å². The van der Waals surface area contributed by atoms with Gasteiger partial charge < -0.3 is 14.8 Å². The van der Waals surface area contributed by atoms with Gasteiger partial charge in [0, 0.05) is 17.3 Å². The summed E-state index contributed by atoms with van der Waals surface area (Å²) in [5, 5.41) is 5.72. The van der Waals surface area contributed by atoms with Crippen molar-refractivity contribution in [3.63, 3.8) is 0 Å². The molecule has 0 saturated carbocycles. The van der Waals surface area contributed by atoms with Crippen molar-refractivity contribution < 1.29 is 19.1 Å². The maximum absolute atomic E-state index is 12.5. The molecule has 32 heavy (non-hydrogen) atoms. The van der Waals surface area contributed by atoms with E-state index in [1.165, 1.54) is 18.7 Å². The number of hydrogen-bond acceptors (Lipinski definition) is 5. The summed E-state index contributed by atoms with van der Waals surface area (Å²) >= 11 is 5.25. The molecular formula is C25H24N2O4S. The molecule has 3 aromatic rings. The standard InChI is InChI=1S/C25H24N2O4S/c1-30-24(29)20-12-5-11-19(16-20)23(28)27-25(32)26-21-13-6-14-22(17-21)31-15-7-10-18-8-3-2-4-9-18/h2-6,8-9,11-14,16-17H,7,10,15H2,1H3,(H2,26,27,28,32). The Morgan fingerprint density at radius 2 is 1.66 bits per heavy atom. The highest BCUT2D eigenvalue weighted by Gasteiger charge is 2.12. The molecule has 2 N–H and O–H groups in total. The summed E-state index contributed by atoms with van der Waals surface area (Å²) in [6.07, 6.45) is 1.85. The zero-order valence-electron chi connectivity index (χ0n) is 17.7. The maximum atomic E-state index is 12.5. The predicted molar refractivity (Wildman–Crippen MR) is 128 cm³/mol. The van der Waals surface area contributed by atoms with Gasteiger partial charge in [0.05, 0.1) is 19.3 Å². The Hall–Kier alpha value is -3.71. The number of hydrogen-bond donors (Lipinski definition) is 2. The number of methoxy groups -OCH3 is 1. The van der Waals surface area contributed by atoms with E-state index < -0.39 is 11.9 Å². The quantitative estimate of drug-likeness (QED) is 0.298. The summed E-state index contributed by atoms with van der Waals surface area (Å²) in [5.41, 5.74) is 2.56. The lowest BCUT2D eigenvalue weighted by Gasteiger charge is -2.12. The first kappa shape index (κ1) is 23.0. The Morgan fingerprint density at radius 3 is 2.44 bits per heavy atom. The van der Waals surface area contributed by atoms with Gasteiger partial charge >= 0.3 is 5.97 Å². The minimum atomic E-state index is -0.513. The fourth-order valence-electron chi connectivity index (χ4n) is 3.02. The van der Waals surface area contributed by atoms with Crippen molar-refractivity contribution in [1.82, 2.24) is 5.32 Å². The molecule has 0 fully saturated rings. The molecule has 0 aliphatic heterocycles. The number of nitrogens with one attached hydrogen (secondary N) is 2. The van der Waals surface area contributed by atoms with Gasteiger partial charge in [-0.25, -0.2) is 4.79 Å². The van der Waals surface area contributed by atoms with Gasteiger partial charge in [0.15, 0.2) is 5.11 Å². The number of benzene rings is 3. The molecule has 0 radical (unpaired) electrons. The van der Waals surface area contributed by atoms with Gasteiger partial charge in [0.25, 0.3) is 5.91 Å². The Bertz CT molecular complexity index is 1090. The molecule has 1 amide bonds. The van der Waals surface area contributed by atoms with Crippen LogP contribution in [0.4, 0.5) is 5.69 Å². The number of anilines is 1. The Labute approximate surface area is 192 Å². The number of rotatable bonds is 8. The Balaban J connectivity index is 1.49. The van der Waals surface area contributed by atoms with E-state index in [1.807, 2.05) is 42.5 Å². The number of ether oxygens (including phenoxy) is 2.